The van der Waals surface area contributed by atoms with Crippen LogP contribution in [0.5, 0.6) is 0 Å². The van der Waals surface area contributed by atoms with Crippen molar-refractivity contribution in [3.05, 3.63) is 11.3 Å². The number of hydrogen-bond acceptors (Lipinski definition) is 2. The molecule has 11 heavy (non-hydrogen) atoms. The lowest BCUT2D eigenvalue weighted by molar-refractivity contribution is -0.132. The van der Waals surface area contributed by atoms with Gasteiger partial charge in [-0.15, -0.1) is 0 Å². The van der Waals surface area contributed by atoms with E-state index in [0.29, 0.717) is 0 Å². The number of nitrogens with two attached hydrogens (primary N) is 1. The number of carboxylic acids is 1. The van der Waals surface area contributed by atoms with E-state index < -0.39 is 5.97 Å². The molecule has 0 aliphatic rings. The Labute approximate surface area is 66.9 Å². The molecule has 0 aliphatic heterocycles. The SMILES string of the molecule is CCCC/C(C)=C(/N)C(=O)O. The lowest BCUT2D eigenvalue weighted by atomic mass is 10.1. The van der Waals surface area contributed by atoms with Crippen LogP contribution >= 0.6 is 0 Å². The van der Waals surface area contributed by atoms with Crippen molar-refractivity contribution in [3.63, 3.8) is 0 Å². The van der Waals surface area contributed by atoms with E-state index in [1.807, 2.05) is 0 Å². The first-order valence-corrected chi connectivity index (χ1v) is 3.78. The van der Waals surface area contributed by atoms with Crippen LogP contribution in [0.3, 0.4) is 0 Å². The highest BCUT2D eigenvalue weighted by Crippen LogP contribution is 2.08. The van der Waals surface area contributed by atoms with Crippen LogP contribution in [-0.2, 0) is 4.79 Å². The Morgan fingerprint density at radius 3 is 2.45 bits per heavy atom. The molecule has 0 rings (SSSR count). The summed E-state index contributed by atoms with van der Waals surface area (Å²) in [5.41, 5.74) is 6.06. The van der Waals surface area contributed by atoms with Crippen molar-refractivity contribution >= 4 is 5.97 Å². The standard InChI is InChI=1S/C8H15NO2/c1-3-4-5-6(2)7(9)8(10)11/h3-5,9H2,1-2H3,(H,10,11)/b7-6+. The van der Waals surface area contributed by atoms with Crippen LogP contribution < -0.4 is 5.73 Å². The fourth-order valence-electron chi connectivity index (χ4n) is 0.759. The maximum Gasteiger partial charge on any atom is 0.351 e. The molecule has 3 nitrogen and oxygen atoms in total. The molecule has 0 fully saturated rings. The highest BCUT2D eigenvalue weighted by atomic mass is 16.4. The second kappa shape index (κ2) is 4.77. The molecule has 0 spiro atoms. The van der Waals surface area contributed by atoms with E-state index >= 15 is 0 Å². The largest absolute Gasteiger partial charge is 0.477 e. The fourth-order valence-corrected chi connectivity index (χ4v) is 0.759. The maximum atomic E-state index is 10.3. The van der Waals surface area contributed by atoms with Gasteiger partial charge in [0.25, 0.3) is 0 Å². The number of carbonyl (C=O) groups is 1. The van der Waals surface area contributed by atoms with Crippen molar-refractivity contribution in [1.82, 2.24) is 0 Å². The number of hydrogen-bond donors (Lipinski definition) is 2. The van der Waals surface area contributed by atoms with E-state index in [2.05, 4.69) is 6.92 Å². The number of allylic oxidation sites excluding steroid dienone is 1. The van der Waals surface area contributed by atoms with Crippen LogP contribution in [-0.4, -0.2) is 11.1 Å². The molecule has 0 saturated carbocycles. The van der Waals surface area contributed by atoms with Gasteiger partial charge in [-0.25, -0.2) is 4.79 Å². The summed E-state index contributed by atoms with van der Waals surface area (Å²) in [7, 11) is 0. The van der Waals surface area contributed by atoms with Gasteiger partial charge >= 0.3 is 5.97 Å². The summed E-state index contributed by atoms with van der Waals surface area (Å²) in [5, 5.41) is 8.47. The Morgan fingerprint density at radius 2 is 2.09 bits per heavy atom. The van der Waals surface area contributed by atoms with Crippen LogP contribution in [0.1, 0.15) is 33.1 Å². The number of rotatable bonds is 4. The van der Waals surface area contributed by atoms with Crippen LogP contribution in [0, 0.1) is 0 Å². The number of unbranched alkanes of at least 4 members (excludes halogenated alkanes) is 1. The molecule has 0 amide bonds. The average Bonchev–Trinajstić information content (AvgIpc) is 1.98. The van der Waals surface area contributed by atoms with Crippen molar-refractivity contribution in [2.75, 3.05) is 0 Å². The van der Waals surface area contributed by atoms with Crippen LogP contribution in [0.15, 0.2) is 11.3 Å². The summed E-state index contributed by atoms with van der Waals surface area (Å²) < 4.78 is 0. The lowest BCUT2D eigenvalue weighted by Gasteiger charge is -2.01. The minimum atomic E-state index is -1.02. The molecular weight excluding hydrogens is 142 g/mol. The molecule has 0 aromatic carbocycles. The first kappa shape index (κ1) is 10.0. The van der Waals surface area contributed by atoms with Crippen LogP contribution in [0.4, 0.5) is 0 Å². The topological polar surface area (TPSA) is 63.3 Å². The van der Waals surface area contributed by atoms with Gasteiger partial charge in [0, 0.05) is 0 Å². The van der Waals surface area contributed by atoms with Crippen LogP contribution in [0.2, 0.25) is 0 Å². The second-order valence-electron chi connectivity index (χ2n) is 2.60. The molecule has 0 saturated heterocycles. The molecule has 0 bridgehead atoms. The smallest absolute Gasteiger partial charge is 0.351 e. The first-order chi connectivity index (χ1) is 5.09. The zero-order valence-electron chi connectivity index (χ0n) is 7.05. The van der Waals surface area contributed by atoms with E-state index in [0.717, 1.165) is 24.8 Å². The van der Waals surface area contributed by atoms with E-state index in [-0.39, 0.29) is 5.70 Å². The summed E-state index contributed by atoms with van der Waals surface area (Å²) in [6, 6.07) is 0. The fraction of sp³-hybridized carbons (Fsp3) is 0.625. The van der Waals surface area contributed by atoms with Gasteiger partial charge in [-0.2, -0.15) is 0 Å². The number of carboxylic acid groups (broad SMARTS) is 1. The van der Waals surface area contributed by atoms with Gasteiger partial charge in [-0.1, -0.05) is 13.3 Å². The van der Waals surface area contributed by atoms with Gasteiger partial charge in [0.2, 0.25) is 0 Å². The predicted octanol–water partition coefficient (Wildman–Crippen LogP) is 1.49. The molecule has 3 N–H and O–H groups in total. The molecule has 0 atom stereocenters. The van der Waals surface area contributed by atoms with E-state index in [9.17, 15) is 4.79 Å². The molecule has 3 heteroatoms. The summed E-state index contributed by atoms with van der Waals surface area (Å²) in [6.07, 6.45) is 2.85. The van der Waals surface area contributed by atoms with Gasteiger partial charge in [0.15, 0.2) is 0 Å². The van der Waals surface area contributed by atoms with Gasteiger partial charge < -0.3 is 10.8 Å². The predicted molar refractivity (Wildman–Crippen MR) is 44.0 cm³/mol. The lowest BCUT2D eigenvalue weighted by Crippen LogP contribution is -2.12. The minimum absolute atomic E-state index is 0.00144. The Balaban J connectivity index is 4.05. The van der Waals surface area contributed by atoms with Gasteiger partial charge in [0.05, 0.1) is 0 Å². The van der Waals surface area contributed by atoms with Crippen molar-refractivity contribution in [2.24, 2.45) is 5.73 Å². The summed E-state index contributed by atoms with van der Waals surface area (Å²) >= 11 is 0. The molecule has 0 radical (unpaired) electrons. The van der Waals surface area contributed by atoms with Gasteiger partial charge in [-0.3, -0.25) is 0 Å². The molecule has 0 aromatic rings. The zero-order valence-corrected chi connectivity index (χ0v) is 7.05. The van der Waals surface area contributed by atoms with E-state index in [4.69, 9.17) is 10.8 Å². The van der Waals surface area contributed by atoms with Crippen molar-refractivity contribution in [3.8, 4) is 0 Å². The quantitative estimate of drug-likeness (QED) is 0.608. The molecular formula is C8H15NO2. The first-order valence-electron chi connectivity index (χ1n) is 3.78. The van der Waals surface area contributed by atoms with E-state index in [1.54, 1.807) is 6.92 Å². The van der Waals surface area contributed by atoms with Gasteiger partial charge in [0.1, 0.15) is 5.70 Å². The second-order valence-corrected chi connectivity index (χ2v) is 2.60. The van der Waals surface area contributed by atoms with Crippen molar-refractivity contribution in [2.45, 2.75) is 33.1 Å². The maximum absolute atomic E-state index is 10.3. The third-order valence-electron chi connectivity index (χ3n) is 1.60. The summed E-state index contributed by atoms with van der Waals surface area (Å²) in [4.78, 5) is 10.3. The van der Waals surface area contributed by atoms with Gasteiger partial charge in [-0.05, 0) is 25.3 Å². The van der Waals surface area contributed by atoms with Crippen LogP contribution in [0.25, 0.3) is 0 Å². The Kier molecular flexibility index (Phi) is 4.34. The summed E-state index contributed by atoms with van der Waals surface area (Å²) in [5.74, 6) is -1.02. The van der Waals surface area contributed by atoms with Crippen molar-refractivity contribution in [1.29, 1.82) is 0 Å². The molecule has 64 valence electrons. The third kappa shape index (κ3) is 3.65. The molecule has 0 heterocycles. The Hall–Kier alpha value is -0.990. The average molecular weight is 157 g/mol. The molecule has 0 aromatic heterocycles. The normalized spacial score (nSPS) is 12.5. The third-order valence-corrected chi connectivity index (χ3v) is 1.60. The molecule has 0 unspecified atom stereocenters. The van der Waals surface area contributed by atoms with Crippen molar-refractivity contribution < 1.29 is 9.90 Å². The number of aliphatic carboxylic acids is 1. The summed E-state index contributed by atoms with van der Waals surface area (Å²) in [6.45, 7) is 3.82. The highest BCUT2D eigenvalue weighted by molar-refractivity contribution is 5.86. The Bertz CT molecular complexity index is 173. The Morgan fingerprint density at radius 1 is 1.55 bits per heavy atom. The van der Waals surface area contributed by atoms with E-state index in [1.165, 1.54) is 0 Å². The highest BCUT2D eigenvalue weighted by Gasteiger charge is 2.04. The monoisotopic (exact) mass is 157 g/mol. The molecule has 0 aliphatic carbocycles. The zero-order chi connectivity index (χ0) is 8.85. The minimum Gasteiger partial charge on any atom is -0.477 e.